The van der Waals surface area contributed by atoms with Crippen molar-refractivity contribution in [3.05, 3.63) is 24.3 Å². The Hall–Kier alpha value is -1.06. The largest absolute Gasteiger partial charge is 0.472 e. The molecular formula is C35H69N2O7P. The lowest BCUT2D eigenvalue weighted by Gasteiger charge is -2.24. The highest BCUT2D eigenvalue weighted by Crippen LogP contribution is 2.43. The fraction of sp³-hybridized carbons (Fsp3) is 0.857. The summed E-state index contributed by atoms with van der Waals surface area (Å²) in [6, 6.07) is -0.993. The molecule has 0 fully saturated rings. The van der Waals surface area contributed by atoms with Crippen LogP contribution in [0.1, 0.15) is 155 Å². The van der Waals surface area contributed by atoms with Gasteiger partial charge in [-0.3, -0.25) is 13.8 Å². The molecule has 0 saturated heterocycles. The van der Waals surface area contributed by atoms with E-state index in [-0.39, 0.29) is 19.6 Å². The quantitative estimate of drug-likeness (QED) is 0.0270. The summed E-state index contributed by atoms with van der Waals surface area (Å²) in [6.45, 7) is 3.90. The predicted molar refractivity (Wildman–Crippen MR) is 186 cm³/mol. The molecule has 45 heavy (non-hydrogen) atoms. The molecule has 6 N–H and O–H groups in total. The molecule has 0 spiro atoms. The summed E-state index contributed by atoms with van der Waals surface area (Å²) in [4.78, 5) is 22.6. The number of rotatable bonds is 33. The molecule has 0 rings (SSSR count). The SMILES string of the molecule is CCCCCCCCC/C=C/CC/C=C/C(O)C(COP(=O)(O)OCCN)NC(=O)CC(O)CCCCCCCCCCCC. The molecule has 9 nitrogen and oxygen atoms in total. The van der Waals surface area contributed by atoms with Crippen LogP contribution in [-0.4, -0.2) is 59.0 Å². The minimum Gasteiger partial charge on any atom is -0.393 e. The van der Waals surface area contributed by atoms with E-state index in [2.05, 4.69) is 31.3 Å². The van der Waals surface area contributed by atoms with Gasteiger partial charge in [-0.25, -0.2) is 4.57 Å². The monoisotopic (exact) mass is 660 g/mol. The van der Waals surface area contributed by atoms with Crippen molar-refractivity contribution >= 4 is 13.7 Å². The number of carbonyl (C=O) groups is 1. The minimum atomic E-state index is -4.39. The lowest BCUT2D eigenvalue weighted by atomic mass is 10.0. The van der Waals surface area contributed by atoms with Crippen LogP contribution in [0.4, 0.5) is 0 Å². The number of unbranched alkanes of at least 4 members (excludes halogenated alkanes) is 17. The zero-order chi connectivity index (χ0) is 33.4. The number of aliphatic hydroxyl groups is 2. The highest BCUT2D eigenvalue weighted by atomic mass is 31.2. The van der Waals surface area contributed by atoms with Crippen LogP contribution >= 0.6 is 7.82 Å². The van der Waals surface area contributed by atoms with Crippen LogP contribution in [0, 0.1) is 0 Å². The maximum atomic E-state index is 12.7. The molecule has 266 valence electrons. The maximum absolute atomic E-state index is 12.7. The van der Waals surface area contributed by atoms with Crippen molar-refractivity contribution in [2.45, 2.75) is 173 Å². The molecule has 0 aromatic heterocycles. The number of carbonyl (C=O) groups excluding carboxylic acids is 1. The van der Waals surface area contributed by atoms with E-state index in [0.29, 0.717) is 12.8 Å². The second-order valence-corrected chi connectivity index (χ2v) is 13.7. The Morgan fingerprint density at radius 3 is 1.84 bits per heavy atom. The number of nitrogens with two attached hydrogens (primary N) is 1. The smallest absolute Gasteiger partial charge is 0.393 e. The first-order valence-electron chi connectivity index (χ1n) is 18.0. The Morgan fingerprint density at radius 1 is 0.756 bits per heavy atom. The highest BCUT2D eigenvalue weighted by Gasteiger charge is 2.27. The Morgan fingerprint density at radius 2 is 1.27 bits per heavy atom. The van der Waals surface area contributed by atoms with Gasteiger partial charge in [0.05, 0.1) is 37.9 Å². The van der Waals surface area contributed by atoms with Crippen molar-refractivity contribution in [3.63, 3.8) is 0 Å². The zero-order valence-electron chi connectivity index (χ0n) is 28.7. The summed E-state index contributed by atoms with van der Waals surface area (Å²) in [6.07, 6.45) is 29.8. The number of phosphoric ester groups is 1. The van der Waals surface area contributed by atoms with Gasteiger partial charge in [0.15, 0.2) is 0 Å². The molecule has 1 amide bonds. The van der Waals surface area contributed by atoms with Gasteiger partial charge < -0.3 is 26.2 Å². The third kappa shape index (κ3) is 30.0. The molecular weight excluding hydrogens is 591 g/mol. The number of amides is 1. The topological polar surface area (TPSA) is 151 Å². The second-order valence-electron chi connectivity index (χ2n) is 12.3. The van der Waals surface area contributed by atoms with E-state index in [1.54, 1.807) is 6.08 Å². The molecule has 0 bridgehead atoms. The normalized spacial score (nSPS) is 15.4. The van der Waals surface area contributed by atoms with Gasteiger partial charge >= 0.3 is 7.82 Å². The molecule has 0 aliphatic carbocycles. The van der Waals surface area contributed by atoms with E-state index in [1.807, 2.05) is 6.08 Å². The van der Waals surface area contributed by atoms with Crippen LogP contribution < -0.4 is 11.1 Å². The molecule has 4 atom stereocenters. The average Bonchev–Trinajstić information content (AvgIpc) is 3.01. The lowest BCUT2D eigenvalue weighted by Crippen LogP contribution is -2.46. The summed E-state index contributed by atoms with van der Waals surface area (Å²) in [5.41, 5.74) is 5.33. The Bertz CT molecular complexity index is 781. The van der Waals surface area contributed by atoms with E-state index >= 15 is 0 Å². The van der Waals surface area contributed by atoms with Gasteiger partial charge in [-0.05, 0) is 32.1 Å². The fourth-order valence-corrected chi connectivity index (χ4v) is 5.83. The maximum Gasteiger partial charge on any atom is 0.472 e. The minimum absolute atomic E-state index is 0.0455. The summed E-state index contributed by atoms with van der Waals surface area (Å²) >= 11 is 0. The molecule has 0 radical (unpaired) electrons. The average molecular weight is 661 g/mol. The van der Waals surface area contributed by atoms with Crippen molar-refractivity contribution in [1.82, 2.24) is 5.32 Å². The van der Waals surface area contributed by atoms with Crippen LogP contribution in [0.5, 0.6) is 0 Å². The van der Waals surface area contributed by atoms with Crippen molar-refractivity contribution in [1.29, 1.82) is 0 Å². The summed E-state index contributed by atoms with van der Waals surface area (Å²) < 4.78 is 21.9. The zero-order valence-corrected chi connectivity index (χ0v) is 29.6. The van der Waals surface area contributed by atoms with Gasteiger partial charge in [0, 0.05) is 6.54 Å². The van der Waals surface area contributed by atoms with Gasteiger partial charge in [0.1, 0.15) is 0 Å². The van der Waals surface area contributed by atoms with Crippen molar-refractivity contribution in [3.8, 4) is 0 Å². The van der Waals surface area contributed by atoms with Gasteiger partial charge in [-0.1, -0.05) is 141 Å². The molecule has 0 aliphatic heterocycles. The van der Waals surface area contributed by atoms with E-state index in [4.69, 9.17) is 14.8 Å². The van der Waals surface area contributed by atoms with E-state index in [0.717, 1.165) is 32.1 Å². The molecule has 4 unspecified atom stereocenters. The standard InChI is InChI=1S/C35H69N2O7P/c1-3-5-7-9-11-13-15-16-17-19-21-23-25-27-34(39)33(31-44-45(41,42)43-29-28-36)37-35(40)30-32(38)26-24-22-20-18-14-12-10-8-6-4-2/h17,19,25,27,32-34,38-39H,3-16,18,20-24,26,28-31,36H2,1-2H3,(H,37,40)(H,41,42)/b19-17+,27-25+. The molecule has 0 aliphatic rings. The van der Waals surface area contributed by atoms with Gasteiger partial charge in [-0.15, -0.1) is 0 Å². The molecule has 10 heteroatoms. The van der Waals surface area contributed by atoms with E-state index < -0.39 is 38.6 Å². The lowest BCUT2D eigenvalue weighted by molar-refractivity contribution is -0.124. The second kappa shape index (κ2) is 31.5. The Labute approximate surface area is 275 Å². The number of allylic oxidation sites excluding steroid dienone is 3. The first-order valence-corrected chi connectivity index (χ1v) is 19.5. The van der Waals surface area contributed by atoms with Crippen LogP contribution in [0.3, 0.4) is 0 Å². The van der Waals surface area contributed by atoms with Crippen LogP contribution in [-0.2, 0) is 18.4 Å². The van der Waals surface area contributed by atoms with E-state index in [9.17, 15) is 24.5 Å². The fourth-order valence-electron chi connectivity index (χ4n) is 5.07. The number of nitrogens with one attached hydrogen (secondary N) is 1. The molecule has 0 aromatic rings. The van der Waals surface area contributed by atoms with Gasteiger partial charge in [0.2, 0.25) is 5.91 Å². The molecule has 0 saturated carbocycles. The van der Waals surface area contributed by atoms with Gasteiger partial charge in [0.25, 0.3) is 0 Å². The number of hydrogen-bond acceptors (Lipinski definition) is 7. The van der Waals surface area contributed by atoms with Crippen molar-refractivity contribution < 1.29 is 33.5 Å². The van der Waals surface area contributed by atoms with Crippen molar-refractivity contribution in [2.75, 3.05) is 19.8 Å². The number of hydrogen-bond donors (Lipinski definition) is 5. The van der Waals surface area contributed by atoms with Crippen molar-refractivity contribution in [2.24, 2.45) is 5.73 Å². The van der Waals surface area contributed by atoms with E-state index in [1.165, 1.54) is 89.9 Å². The third-order valence-electron chi connectivity index (χ3n) is 7.83. The summed E-state index contributed by atoms with van der Waals surface area (Å²) in [7, 11) is -4.39. The van der Waals surface area contributed by atoms with Gasteiger partial charge in [-0.2, -0.15) is 0 Å². The Balaban J connectivity index is 4.55. The predicted octanol–water partition coefficient (Wildman–Crippen LogP) is 8.02. The highest BCUT2D eigenvalue weighted by molar-refractivity contribution is 7.47. The first kappa shape index (κ1) is 43.9. The number of phosphoric acid groups is 1. The van der Waals surface area contributed by atoms with Crippen LogP contribution in [0.15, 0.2) is 24.3 Å². The Kier molecular flexibility index (Phi) is 30.8. The van der Waals surface area contributed by atoms with Crippen LogP contribution in [0.2, 0.25) is 0 Å². The number of aliphatic hydroxyl groups excluding tert-OH is 2. The summed E-state index contributed by atoms with van der Waals surface area (Å²) in [5, 5.41) is 23.8. The summed E-state index contributed by atoms with van der Waals surface area (Å²) in [5.74, 6) is -0.459. The molecule has 0 aromatic carbocycles. The first-order chi connectivity index (χ1) is 21.8. The molecule has 0 heterocycles. The van der Waals surface area contributed by atoms with Crippen LogP contribution in [0.25, 0.3) is 0 Å². The third-order valence-corrected chi connectivity index (χ3v) is 8.82.